The van der Waals surface area contributed by atoms with Crippen LogP contribution in [0, 0.1) is 0 Å². The number of benzene rings is 1. The molecule has 16 heavy (non-hydrogen) atoms. The molecule has 0 radical (unpaired) electrons. The van der Waals surface area contributed by atoms with Crippen molar-refractivity contribution in [3.05, 3.63) is 35.9 Å². The van der Waals surface area contributed by atoms with Crippen molar-refractivity contribution in [3.8, 4) is 0 Å². The molecule has 2 atom stereocenters. The Kier molecular flexibility index (Phi) is 6.19. The molecule has 0 spiro atoms. The third-order valence-electron chi connectivity index (χ3n) is 2.12. The molecule has 88 valence electrons. The van der Waals surface area contributed by atoms with E-state index in [0.29, 0.717) is 26.1 Å². The molecular weight excluding hydrogens is 227 g/mol. The number of aliphatic hydroxyl groups excluding tert-OH is 1. The molecule has 0 aromatic heterocycles. The van der Waals surface area contributed by atoms with Gasteiger partial charge in [-0.15, -0.1) is 0 Å². The van der Waals surface area contributed by atoms with Crippen LogP contribution in [0.3, 0.4) is 0 Å². The van der Waals surface area contributed by atoms with Gasteiger partial charge in [0.2, 0.25) is 0 Å². The second kappa shape index (κ2) is 7.47. The second-order valence-corrected chi connectivity index (χ2v) is 4.66. The Bertz CT molecular complexity index is 315. The van der Waals surface area contributed by atoms with E-state index < -0.39 is 13.9 Å². The van der Waals surface area contributed by atoms with Crippen molar-refractivity contribution in [2.24, 2.45) is 0 Å². The third kappa shape index (κ3) is 5.33. The zero-order chi connectivity index (χ0) is 11.8. The van der Waals surface area contributed by atoms with Gasteiger partial charge in [0, 0.05) is 13.0 Å². The first-order chi connectivity index (χ1) is 7.70. The summed E-state index contributed by atoms with van der Waals surface area (Å²) >= 11 is 0. The van der Waals surface area contributed by atoms with Crippen LogP contribution in [0.4, 0.5) is 0 Å². The molecule has 0 aliphatic carbocycles. The largest absolute Gasteiger partial charge is 0.537 e. The molecule has 1 aromatic rings. The molecule has 0 aliphatic heterocycles. The minimum atomic E-state index is -2.48. The highest BCUT2D eigenvalue weighted by molar-refractivity contribution is 7.38. The first kappa shape index (κ1) is 13.3. The Labute approximate surface area is 95.7 Å². The fourth-order valence-corrected chi connectivity index (χ4v) is 1.65. The first-order valence-electron chi connectivity index (χ1n) is 5.15. The lowest BCUT2D eigenvalue weighted by Crippen LogP contribution is -2.03. The van der Waals surface area contributed by atoms with Crippen LogP contribution in [-0.2, 0) is 15.9 Å². The molecule has 4 nitrogen and oxygen atoms in total. The van der Waals surface area contributed by atoms with Gasteiger partial charge in [0.15, 0.2) is 0 Å². The van der Waals surface area contributed by atoms with Crippen LogP contribution in [0.5, 0.6) is 0 Å². The Hall–Kier alpha value is -0.800. The van der Waals surface area contributed by atoms with Gasteiger partial charge in [-0.2, -0.15) is 4.89 Å². The van der Waals surface area contributed by atoms with Crippen LogP contribution < -0.4 is 0 Å². The van der Waals surface area contributed by atoms with Crippen LogP contribution in [-0.4, -0.2) is 22.5 Å². The third-order valence-corrected chi connectivity index (χ3v) is 2.89. The first-order valence-corrected chi connectivity index (χ1v) is 6.43. The molecule has 0 saturated heterocycles. The van der Waals surface area contributed by atoms with E-state index in [1.54, 1.807) is 0 Å². The predicted octanol–water partition coefficient (Wildman–Crippen LogP) is 2.04. The van der Waals surface area contributed by atoms with E-state index >= 15 is 0 Å². The maximum absolute atomic E-state index is 10.4. The topological polar surface area (TPSA) is 66.8 Å². The van der Waals surface area contributed by atoms with Gasteiger partial charge in [-0.1, -0.05) is 30.3 Å². The molecule has 0 saturated carbocycles. The molecule has 2 unspecified atom stereocenters. The summed E-state index contributed by atoms with van der Waals surface area (Å²) in [6.45, 7) is 1.01. The van der Waals surface area contributed by atoms with Gasteiger partial charge in [-0.25, -0.2) is 0 Å². The van der Waals surface area contributed by atoms with Crippen molar-refractivity contribution in [2.75, 3.05) is 6.61 Å². The van der Waals surface area contributed by atoms with Gasteiger partial charge in [0.1, 0.15) is 0 Å². The van der Waals surface area contributed by atoms with E-state index in [2.05, 4.69) is 0 Å². The number of hydrogen-bond donors (Lipinski definition) is 2. The standard InChI is InChI=1S/C11H15O4P/c12-11(16(13)14)7-4-8-15-9-10-5-2-1-3-6-10/h1-3,5-6,11-12H,4,7-9H2/p+1. The molecule has 0 bridgehead atoms. The van der Waals surface area contributed by atoms with Gasteiger partial charge in [0.25, 0.3) is 5.85 Å². The maximum atomic E-state index is 10.4. The molecular formula is C11H16O4P+. The quantitative estimate of drug-likeness (QED) is 0.568. The average molecular weight is 243 g/mol. The van der Waals surface area contributed by atoms with Crippen molar-refractivity contribution in [1.82, 2.24) is 0 Å². The molecule has 5 heteroatoms. The Morgan fingerprint density at radius 3 is 2.62 bits per heavy atom. The highest BCUT2D eigenvalue weighted by Crippen LogP contribution is 2.23. The van der Waals surface area contributed by atoms with Gasteiger partial charge >= 0.3 is 8.03 Å². The average Bonchev–Trinajstić information content (AvgIpc) is 2.29. The van der Waals surface area contributed by atoms with Crippen LogP contribution in [0.25, 0.3) is 0 Å². The van der Waals surface area contributed by atoms with Crippen LogP contribution in [0.15, 0.2) is 30.3 Å². The summed E-state index contributed by atoms with van der Waals surface area (Å²) in [5.74, 6) is -1.13. The number of ether oxygens (including phenoxy) is 1. The smallest absolute Gasteiger partial charge is 0.377 e. The molecule has 0 fully saturated rings. The van der Waals surface area contributed by atoms with Crippen LogP contribution in [0.2, 0.25) is 0 Å². The van der Waals surface area contributed by atoms with Gasteiger partial charge in [0.05, 0.1) is 6.61 Å². The van der Waals surface area contributed by atoms with E-state index in [-0.39, 0.29) is 0 Å². The normalized spacial score (nSPS) is 13.5. The summed E-state index contributed by atoms with van der Waals surface area (Å²) in [5.41, 5.74) is 1.09. The van der Waals surface area contributed by atoms with Crippen molar-refractivity contribution in [1.29, 1.82) is 0 Å². The van der Waals surface area contributed by atoms with E-state index in [4.69, 9.17) is 14.7 Å². The highest BCUT2D eigenvalue weighted by atomic mass is 31.1. The molecule has 0 heterocycles. The maximum Gasteiger partial charge on any atom is 0.537 e. The van der Waals surface area contributed by atoms with Crippen molar-refractivity contribution in [2.45, 2.75) is 25.3 Å². The minimum Gasteiger partial charge on any atom is -0.377 e. The molecule has 1 rings (SSSR count). The highest BCUT2D eigenvalue weighted by Gasteiger charge is 2.24. The number of rotatable bonds is 7. The van der Waals surface area contributed by atoms with E-state index in [0.717, 1.165) is 5.56 Å². The second-order valence-electron chi connectivity index (χ2n) is 3.46. The zero-order valence-corrected chi connectivity index (χ0v) is 9.85. The monoisotopic (exact) mass is 243 g/mol. The lowest BCUT2D eigenvalue weighted by molar-refractivity contribution is 0.108. The van der Waals surface area contributed by atoms with Gasteiger partial charge < -0.3 is 9.84 Å². The summed E-state index contributed by atoms with van der Waals surface area (Å²) < 4.78 is 15.8. The lowest BCUT2D eigenvalue weighted by atomic mass is 10.2. The SMILES string of the molecule is O=[P+](O)C(O)CCCOCc1ccccc1. The fourth-order valence-electron chi connectivity index (χ4n) is 1.24. The summed E-state index contributed by atoms with van der Waals surface area (Å²) in [5, 5.41) is 9.05. The van der Waals surface area contributed by atoms with E-state index in [1.165, 1.54) is 0 Å². The summed E-state index contributed by atoms with van der Waals surface area (Å²) in [4.78, 5) is 8.57. The van der Waals surface area contributed by atoms with Crippen molar-refractivity contribution < 1.29 is 19.3 Å². The zero-order valence-electron chi connectivity index (χ0n) is 8.95. The van der Waals surface area contributed by atoms with Gasteiger partial charge in [-0.3, -0.25) is 0 Å². The van der Waals surface area contributed by atoms with E-state index in [1.807, 2.05) is 30.3 Å². The van der Waals surface area contributed by atoms with Crippen molar-refractivity contribution >= 4 is 8.03 Å². The predicted molar refractivity (Wildman–Crippen MR) is 61.2 cm³/mol. The van der Waals surface area contributed by atoms with Crippen molar-refractivity contribution in [3.63, 3.8) is 0 Å². The van der Waals surface area contributed by atoms with Crippen LogP contribution >= 0.6 is 8.03 Å². The Morgan fingerprint density at radius 2 is 2.00 bits per heavy atom. The van der Waals surface area contributed by atoms with Gasteiger partial charge in [-0.05, 0) is 16.5 Å². The molecule has 2 N–H and O–H groups in total. The van der Waals surface area contributed by atoms with E-state index in [9.17, 15) is 4.57 Å². The summed E-state index contributed by atoms with van der Waals surface area (Å²) in [6.07, 6.45) is 0.871. The molecule has 0 aliphatic rings. The number of hydrogen-bond acceptors (Lipinski definition) is 3. The Morgan fingerprint density at radius 1 is 1.31 bits per heavy atom. The Balaban J connectivity index is 2.07. The summed E-state index contributed by atoms with van der Waals surface area (Å²) in [6, 6.07) is 9.77. The lowest BCUT2D eigenvalue weighted by Gasteiger charge is -2.03. The molecule has 0 amide bonds. The minimum absolute atomic E-state index is 0.292. The molecule has 1 aromatic carbocycles. The fraction of sp³-hybridized carbons (Fsp3) is 0.455. The number of aliphatic hydroxyl groups is 1. The summed E-state index contributed by atoms with van der Waals surface area (Å²) in [7, 11) is -2.48. The van der Waals surface area contributed by atoms with Crippen LogP contribution in [0.1, 0.15) is 18.4 Å².